The summed E-state index contributed by atoms with van der Waals surface area (Å²) in [7, 11) is 0. The van der Waals surface area contributed by atoms with Crippen molar-refractivity contribution in [3.05, 3.63) is 47.1 Å². The summed E-state index contributed by atoms with van der Waals surface area (Å²) in [6.45, 7) is 1.61. The van der Waals surface area contributed by atoms with Gasteiger partial charge in [0.2, 0.25) is 5.76 Å². The summed E-state index contributed by atoms with van der Waals surface area (Å²) < 4.78 is 18.4. The van der Waals surface area contributed by atoms with Crippen molar-refractivity contribution in [3.8, 4) is 11.8 Å². The molecule has 0 aliphatic heterocycles. The van der Waals surface area contributed by atoms with Crippen LogP contribution >= 0.6 is 0 Å². The SMILES string of the molecule is Cc1cc(C(=O)Nc2ccc(F)c(C#CCCO)c2)on1. The average molecular weight is 288 g/mol. The van der Waals surface area contributed by atoms with Crippen molar-refractivity contribution in [1.82, 2.24) is 5.16 Å². The highest BCUT2D eigenvalue weighted by molar-refractivity contribution is 6.02. The fourth-order valence-corrected chi connectivity index (χ4v) is 1.58. The number of aliphatic hydroxyl groups excluding tert-OH is 1. The topological polar surface area (TPSA) is 75.4 Å². The van der Waals surface area contributed by atoms with Crippen molar-refractivity contribution in [2.45, 2.75) is 13.3 Å². The minimum Gasteiger partial charge on any atom is -0.395 e. The number of rotatable bonds is 3. The van der Waals surface area contributed by atoms with Crippen LogP contribution in [0.25, 0.3) is 0 Å². The lowest BCUT2D eigenvalue weighted by molar-refractivity contribution is 0.0988. The van der Waals surface area contributed by atoms with Crippen LogP contribution < -0.4 is 5.32 Å². The molecule has 21 heavy (non-hydrogen) atoms. The molecule has 2 aromatic rings. The molecule has 2 rings (SSSR count). The van der Waals surface area contributed by atoms with E-state index < -0.39 is 11.7 Å². The summed E-state index contributed by atoms with van der Waals surface area (Å²) in [5, 5.41) is 14.8. The number of carbonyl (C=O) groups is 1. The number of aliphatic hydroxyl groups is 1. The number of amides is 1. The molecule has 1 amide bonds. The second kappa shape index (κ2) is 6.68. The van der Waals surface area contributed by atoms with E-state index in [1.165, 1.54) is 24.3 Å². The molecule has 0 atom stereocenters. The van der Waals surface area contributed by atoms with Crippen LogP contribution in [0.15, 0.2) is 28.8 Å². The first-order valence-corrected chi connectivity index (χ1v) is 6.24. The van der Waals surface area contributed by atoms with Crippen molar-refractivity contribution < 1.29 is 18.8 Å². The Labute approximate surface area is 120 Å². The summed E-state index contributed by atoms with van der Waals surface area (Å²) in [6.07, 6.45) is 0.257. The van der Waals surface area contributed by atoms with Crippen molar-refractivity contribution in [2.24, 2.45) is 0 Å². The fourth-order valence-electron chi connectivity index (χ4n) is 1.58. The van der Waals surface area contributed by atoms with Crippen molar-refractivity contribution in [1.29, 1.82) is 0 Å². The standard InChI is InChI=1S/C15H13FN2O3/c1-10-8-14(21-18-10)15(20)17-12-5-6-13(16)11(9-12)4-2-3-7-19/h5-6,8-9,19H,3,7H2,1H3,(H,17,20). The van der Waals surface area contributed by atoms with Gasteiger partial charge in [-0.2, -0.15) is 0 Å². The van der Waals surface area contributed by atoms with Gasteiger partial charge in [-0.05, 0) is 25.1 Å². The molecule has 1 aromatic heterocycles. The van der Waals surface area contributed by atoms with Gasteiger partial charge in [0.15, 0.2) is 0 Å². The molecule has 0 saturated heterocycles. The minimum atomic E-state index is -0.492. The van der Waals surface area contributed by atoms with Gasteiger partial charge in [-0.3, -0.25) is 4.79 Å². The Kier molecular flexibility index (Phi) is 4.69. The maximum atomic E-state index is 13.6. The predicted molar refractivity (Wildman–Crippen MR) is 74.2 cm³/mol. The lowest BCUT2D eigenvalue weighted by Gasteiger charge is -2.03. The van der Waals surface area contributed by atoms with Crippen LogP contribution in [0, 0.1) is 24.6 Å². The molecular weight excluding hydrogens is 275 g/mol. The molecule has 5 nitrogen and oxygen atoms in total. The second-order valence-electron chi connectivity index (χ2n) is 4.26. The molecule has 0 fully saturated rings. The van der Waals surface area contributed by atoms with E-state index in [2.05, 4.69) is 22.3 Å². The van der Waals surface area contributed by atoms with E-state index in [9.17, 15) is 9.18 Å². The van der Waals surface area contributed by atoms with Gasteiger partial charge in [0.25, 0.3) is 5.91 Å². The first kappa shape index (κ1) is 14.8. The number of anilines is 1. The second-order valence-corrected chi connectivity index (χ2v) is 4.26. The van der Waals surface area contributed by atoms with Crippen molar-refractivity contribution in [2.75, 3.05) is 11.9 Å². The Morgan fingerprint density at radius 1 is 1.48 bits per heavy atom. The summed E-state index contributed by atoms with van der Waals surface area (Å²) in [5.41, 5.74) is 1.13. The third-order valence-corrected chi connectivity index (χ3v) is 2.54. The third kappa shape index (κ3) is 3.91. The zero-order chi connectivity index (χ0) is 15.2. The number of carbonyl (C=O) groups excluding carboxylic acids is 1. The van der Waals surface area contributed by atoms with Crippen LogP contribution in [0.5, 0.6) is 0 Å². The number of nitrogens with zero attached hydrogens (tertiary/aromatic N) is 1. The van der Waals surface area contributed by atoms with Crippen LogP contribution in [0.4, 0.5) is 10.1 Å². The molecule has 6 heteroatoms. The molecule has 0 radical (unpaired) electrons. The Bertz CT molecular complexity index is 713. The van der Waals surface area contributed by atoms with Crippen LogP contribution in [-0.2, 0) is 0 Å². The van der Waals surface area contributed by atoms with Gasteiger partial charge in [-0.25, -0.2) is 4.39 Å². The molecule has 0 saturated carbocycles. The molecular formula is C15H13FN2O3. The highest BCUT2D eigenvalue weighted by atomic mass is 19.1. The van der Waals surface area contributed by atoms with Gasteiger partial charge in [0.1, 0.15) is 5.82 Å². The fraction of sp³-hybridized carbons (Fsp3) is 0.200. The molecule has 0 unspecified atom stereocenters. The lowest BCUT2D eigenvalue weighted by Crippen LogP contribution is -2.11. The predicted octanol–water partition coefficient (Wildman–Crippen LogP) is 2.11. The van der Waals surface area contributed by atoms with E-state index in [0.717, 1.165) is 0 Å². The van der Waals surface area contributed by atoms with Gasteiger partial charge < -0.3 is 14.9 Å². The first-order chi connectivity index (χ1) is 10.1. The third-order valence-electron chi connectivity index (χ3n) is 2.54. The van der Waals surface area contributed by atoms with Crippen LogP contribution in [0.1, 0.15) is 28.2 Å². The summed E-state index contributed by atoms with van der Waals surface area (Å²) >= 11 is 0. The lowest BCUT2D eigenvalue weighted by atomic mass is 10.2. The van der Waals surface area contributed by atoms with E-state index in [0.29, 0.717) is 11.4 Å². The van der Waals surface area contributed by atoms with Gasteiger partial charge in [0.05, 0.1) is 17.9 Å². The number of hydrogen-bond donors (Lipinski definition) is 2. The van der Waals surface area contributed by atoms with Crippen LogP contribution in [-0.4, -0.2) is 22.8 Å². The van der Waals surface area contributed by atoms with Gasteiger partial charge in [-0.1, -0.05) is 17.0 Å². The molecule has 0 bridgehead atoms. The van der Waals surface area contributed by atoms with E-state index >= 15 is 0 Å². The van der Waals surface area contributed by atoms with Crippen LogP contribution in [0.2, 0.25) is 0 Å². The van der Waals surface area contributed by atoms with Gasteiger partial charge in [-0.15, -0.1) is 0 Å². The molecule has 1 aromatic carbocycles. The maximum absolute atomic E-state index is 13.6. The van der Waals surface area contributed by atoms with E-state index in [1.807, 2.05) is 0 Å². The smallest absolute Gasteiger partial charge is 0.294 e. The first-order valence-electron chi connectivity index (χ1n) is 6.24. The largest absolute Gasteiger partial charge is 0.395 e. The van der Waals surface area contributed by atoms with E-state index in [-0.39, 0.29) is 24.4 Å². The monoisotopic (exact) mass is 288 g/mol. The molecule has 2 N–H and O–H groups in total. The Morgan fingerprint density at radius 3 is 2.95 bits per heavy atom. The Morgan fingerprint density at radius 2 is 2.29 bits per heavy atom. The molecule has 0 spiro atoms. The van der Waals surface area contributed by atoms with Gasteiger partial charge in [0, 0.05) is 18.2 Å². The van der Waals surface area contributed by atoms with Crippen molar-refractivity contribution >= 4 is 11.6 Å². The van der Waals surface area contributed by atoms with Crippen LogP contribution in [0.3, 0.4) is 0 Å². The number of aryl methyl sites for hydroxylation is 1. The zero-order valence-corrected chi connectivity index (χ0v) is 11.3. The summed E-state index contributed by atoms with van der Waals surface area (Å²) in [5.74, 6) is 4.33. The van der Waals surface area contributed by atoms with E-state index in [4.69, 9.17) is 9.63 Å². The summed E-state index contributed by atoms with van der Waals surface area (Å²) in [6, 6.07) is 5.56. The Hall–Kier alpha value is -2.65. The average Bonchev–Trinajstić information content (AvgIpc) is 2.89. The number of halogens is 1. The Balaban J connectivity index is 2.16. The number of nitrogens with one attached hydrogen (secondary N) is 1. The normalized spacial score (nSPS) is 9.86. The van der Waals surface area contributed by atoms with Crippen molar-refractivity contribution in [3.63, 3.8) is 0 Å². The highest BCUT2D eigenvalue weighted by Gasteiger charge is 2.12. The minimum absolute atomic E-state index is 0.0738. The highest BCUT2D eigenvalue weighted by Crippen LogP contribution is 2.15. The molecule has 0 aliphatic carbocycles. The number of benzene rings is 1. The quantitative estimate of drug-likeness (QED) is 0.848. The zero-order valence-electron chi connectivity index (χ0n) is 11.3. The molecule has 108 valence electrons. The molecule has 0 aliphatic rings. The van der Waals surface area contributed by atoms with Gasteiger partial charge >= 0.3 is 0 Å². The number of hydrogen-bond acceptors (Lipinski definition) is 4. The molecule has 1 heterocycles. The van der Waals surface area contributed by atoms with E-state index in [1.54, 1.807) is 6.92 Å². The number of aromatic nitrogens is 1. The maximum Gasteiger partial charge on any atom is 0.294 e. The summed E-state index contributed by atoms with van der Waals surface area (Å²) in [4.78, 5) is 11.9.